The van der Waals surface area contributed by atoms with Gasteiger partial charge in [0.25, 0.3) is 6.43 Å². The van der Waals surface area contributed by atoms with E-state index < -0.39 is 24.7 Å². The minimum Gasteiger partial charge on any atom is -0.392 e. The lowest BCUT2D eigenvalue weighted by molar-refractivity contribution is 0.144. The van der Waals surface area contributed by atoms with Gasteiger partial charge in [0.2, 0.25) is 5.95 Å². The molecule has 0 aliphatic rings. The van der Waals surface area contributed by atoms with Crippen molar-refractivity contribution >= 4 is 11.6 Å². The molecule has 6 heteroatoms. The molecule has 0 atom stereocenters. The number of aromatic nitrogens is 1. The SMILES string of the molecule is OCc1cc(C(F)F)nc(F)c1CCl. The highest BCUT2D eigenvalue weighted by molar-refractivity contribution is 6.17. The Morgan fingerprint density at radius 1 is 1.50 bits per heavy atom. The standard InChI is InChI=1S/C8H7ClF3NO/c9-2-5-4(3-14)1-6(7(10)11)13-8(5)12/h1,7,14H,2-3H2. The molecule has 78 valence electrons. The van der Waals surface area contributed by atoms with Gasteiger partial charge in [0.05, 0.1) is 12.5 Å². The average Bonchev–Trinajstić information content (AvgIpc) is 2.16. The quantitative estimate of drug-likeness (QED) is 0.633. The van der Waals surface area contributed by atoms with E-state index in [4.69, 9.17) is 16.7 Å². The van der Waals surface area contributed by atoms with Gasteiger partial charge in [0.1, 0.15) is 5.69 Å². The predicted molar refractivity (Wildman–Crippen MR) is 44.6 cm³/mol. The van der Waals surface area contributed by atoms with Crippen molar-refractivity contribution in [1.29, 1.82) is 0 Å². The first-order valence-corrected chi connectivity index (χ1v) is 4.26. The molecule has 1 aromatic heterocycles. The summed E-state index contributed by atoms with van der Waals surface area (Å²) in [6.45, 7) is -0.540. The lowest BCUT2D eigenvalue weighted by Gasteiger charge is -2.07. The molecule has 14 heavy (non-hydrogen) atoms. The number of aliphatic hydroxyl groups excluding tert-OH is 1. The van der Waals surface area contributed by atoms with Crippen molar-refractivity contribution in [2.24, 2.45) is 0 Å². The summed E-state index contributed by atoms with van der Waals surface area (Å²) in [5.41, 5.74) is -0.693. The number of nitrogens with zero attached hydrogens (tertiary/aromatic N) is 1. The van der Waals surface area contributed by atoms with Crippen LogP contribution in [0.25, 0.3) is 0 Å². The van der Waals surface area contributed by atoms with Gasteiger partial charge in [-0.05, 0) is 11.6 Å². The fraction of sp³-hybridized carbons (Fsp3) is 0.375. The predicted octanol–water partition coefficient (Wildman–Crippen LogP) is 2.39. The van der Waals surface area contributed by atoms with Crippen LogP contribution in [0, 0.1) is 5.95 Å². The van der Waals surface area contributed by atoms with Gasteiger partial charge < -0.3 is 5.11 Å². The van der Waals surface area contributed by atoms with E-state index in [0.29, 0.717) is 0 Å². The molecule has 0 saturated heterocycles. The Labute approximate surface area is 83.3 Å². The Hall–Kier alpha value is -0.810. The van der Waals surface area contributed by atoms with Crippen molar-refractivity contribution in [3.8, 4) is 0 Å². The fourth-order valence-electron chi connectivity index (χ4n) is 1.01. The zero-order valence-electron chi connectivity index (χ0n) is 6.98. The Kier molecular flexibility index (Phi) is 3.71. The number of alkyl halides is 3. The molecule has 1 heterocycles. The number of pyridine rings is 1. The van der Waals surface area contributed by atoms with Crippen LogP contribution in [0.2, 0.25) is 0 Å². The second kappa shape index (κ2) is 4.61. The molecular formula is C8H7ClF3NO. The van der Waals surface area contributed by atoms with Crippen LogP contribution in [0.1, 0.15) is 23.2 Å². The van der Waals surface area contributed by atoms with Gasteiger partial charge in [-0.15, -0.1) is 11.6 Å². The van der Waals surface area contributed by atoms with Crippen molar-refractivity contribution in [2.45, 2.75) is 18.9 Å². The Morgan fingerprint density at radius 3 is 2.57 bits per heavy atom. The van der Waals surface area contributed by atoms with E-state index >= 15 is 0 Å². The highest BCUT2D eigenvalue weighted by Crippen LogP contribution is 2.22. The van der Waals surface area contributed by atoms with E-state index in [-0.39, 0.29) is 17.0 Å². The van der Waals surface area contributed by atoms with Gasteiger partial charge in [-0.1, -0.05) is 0 Å². The molecule has 0 amide bonds. The smallest absolute Gasteiger partial charge is 0.280 e. The van der Waals surface area contributed by atoms with E-state index in [1.807, 2.05) is 0 Å². The van der Waals surface area contributed by atoms with Crippen LogP contribution in [-0.2, 0) is 12.5 Å². The lowest BCUT2D eigenvalue weighted by atomic mass is 10.1. The minimum absolute atomic E-state index is 0.0430. The number of hydrogen-bond donors (Lipinski definition) is 1. The maximum Gasteiger partial charge on any atom is 0.280 e. The number of hydrogen-bond acceptors (Lipinski definition) is 2. The van der Waals surface area contributed by atoms with Gasteiger partial charge in [0.15, 0.2) is 0 Å². The van der Waals surface area contributed by atoms with Gasteiger partial charge in [-0.25, -0.2) is 13.8 Å². The van der Waals surface area contributed by atoms with Crippen LogP contribution in [0.5, 0.6) is 0 Å². The van der Waals surface area contributed by atoms with E-state index in [1.54, 1.807) is 0 Å². The summed E-state index contributed by atoms with van der Waals surface area (Å²) < 4.78 is 37.3. The molecule has 0 aromatic carbocycles. The molecule has 0 radical (unpaired) electrons. The average molecular weight is 226 g/mol. The molecule has 0 saturated carbocycles. The van der Waals surface area contributed by atoms with Gasteiger partial charge >= 0.3 is 0 Å². The number of aliphatic hydroxyl groups is 1. The summed E-state index contributed by atoms with van der Waals surface area (Å²) >= 11 is 5.37. The Morgan fingerprint density at radius 2 is 2.14 bits per heavy atom. The monoisotopic (exact) mass is 225 g/mol. The first kappa shape index (κ1) is 11.3. The van der Waals surface area contributed by atoms with E-state index in [9.17, 15) is 13.2 Å². The summed E-state index contributed by atoms with van der Waals surface area (Å²) in [5.74, 6) is -1.26. The van der Waals surface area contributed by atoms with Crippen LogP contribution in [0.15, 0.2) is 6.07 Å². The van der Waals surface area contributed by atoms with Gasteiger partial charge in [0, 0.05) is 5.56 Å². The van der Waals surface area contributed by atoms with Crippen molar-refractivity contribution in [2.75, 3.05) is 0 Å². The zero-order valence-corrected chi connectivity index (χ0v) is 7.73. The molecule has 0 fully saturated rings. The largest absolute Gasteiger partial charge is 0.392 e. The summed E-state index contributed by atoms with van der Waals surface area (Å²) in [6.07, 6.45) is -2.86. The molecule has 0 aliphatic carbocycles. The van der Waals surface area contributed by atoms with Crippen molar-refractivity contribution in [3.63, 3.8) is 0 Å². The molecule has 2 nitrogen and oxygen atoms in total. The maximum atomic E-state index is 13.0. The van der Waals surface area contributed by atoms with Crippen molar-refractivity contribution < 1.29 is 18.3 Å². The number of rotatable bonds is 3. The summed E-state index contributed by atoms with van der Waals surface area (Å²) in [6, 6.07) is 0.950. The van der Waals surface area contributed by atoms with Crippen LogP contribution < -0.4 is 0 Å². The molecule has 1 rings (SSSR count). The summed E-state index contributed by atoms with van der Waals surface area (Å²) in [4.78, 5) is 3.04. The fourth-order valence-corrected chi connectivity index (χ4v) is 1.29. The molecule has 1 aromatic rings. The second-order valence-electron chi connectivity index (χ2n) is 2.57. The van der Waals surface area contributed by atoms with E-state index in [0.717, 1.165) is 6.07 Å². The van der Waals surface area contributed by atoms with Crippen LogP contribution in [0.3, 0.4) is 0 Å². The highest BCUT2D eigenvalue weighted by atomic mass is 35.5. The Bertz CT molecular complexity index is 333. The number of halogens is 4. The van der Waals surface area contributed by atoms with Crippen molar-refractivity contribution in [3.05, 3.63) is 28.8 Å². The third kappa shape index (κ3) is 2.16. The second-order valence-corrected chi connectivity index (χ2v) is 2.84. The van der Waals surface area contributed by atoms with Gasteiger partial charge in [-0.3, -0.25) is 0 Å². The molecule has 1 N–H and O–H groups in total. The molecule has 0 unspecified atom stereocenters. The first-order chi connectivity index (χ1) is 6.60. The lowest BCUT2D eigenvalue weighted by Crippen LogP contribution is -2.03. The van der Waals surface area contributed by atoms with Gasteiger partial charge in [-0.2, -0.15) is 4.39 Å². The zero-order chi connectivity index (χ0) is 10.7. The Balaban J connectivity index is 3.24. The maximum absolute atomic E-state index is 13.0. The normalized spacial score (nSPS) is 11.0. The van der Waals surface area contributed by atoms with E-state index in [2.05, 4.69) is 4.98 Å². The van der Waals surface area contributed by atoms with Crippen LogP contribution in [-0.4, -0.2) is 10.1 Å². The third-order valence-electron chi connectivity index (χ3n) is 1.71. The molecule has 0 spiro atoms. The summed E-state index contributed by atoms with van der Waals surface area (Å²) in [5, 5.41) is 8.78. The van der Waals surface area contributed by atoms with Crippen LogP contribution >= 0.6 is 11.6 Å². The minimum atomic E-state index is -2.86. The molecular weight excluding hydrogens is 219 g/mol. The molecule has 0 bridgehead atoms. The third-order valence-corrected chi connectivity index (χ3v) is 1.98. The van der Waals surface area contributed by atoms with Crippen LogP contribution in [0.4, 0.5) is 13.2 Å². The van der Waals surface area contributed by atoms with E-state index in [1.165, 1.54) is 0 Å². The van der Waals surface area contributed by atoms with Crippen molar-refractivity contribution in [1.82, 2.24) is 4.98 Å². The molecule has 0 aliphatic heterocycles. The topological polar surface area (TPSA) is 33.1 Å². The summed E-state index contributed by atoms with van der Waals surface area (Å²) in [7, 11) is 0. The first-order valence-electron chi connectivity index (χ1n) is 3.73. The highest BCUT2D eigenvalue weighted by Gasteiger charge is 2.16.